The van der Waals surface area contributed by atoms with Crippen LogP contribution in [-0.2, 0) is 5.41 Å². The summed E-state index contributed by atoms with van der Waals surface area (Å²) >= 11 is 0. The van der Waals surface area contributed by atoms with Crippen LogP contribution in [0.1, 0.15) is 75.1 Å². The van der Waals surface area contributed by atoms with E-state index in [2.05, 4.69) is 39.3 Å². The van der Waals surface area contributed by atoms with E-state index >= 15 is 0 Å². The molecule has 2 bridgehead atoms. The molecular formula is C29H28F4N6O. The first kappa shape index (κ1) is 26.5. The number of hydrogen-bond acceptors (Lipinski definition) is 7. The molecule has 0 spiro atoms. The molecule has 0 radical (unpaired) electrons. The van der Waals surface area contributed by atoms with Crippen LogP contribution < -0.4 is 5.32 Å². The molecule has 1 saturated carbocycles. The van der Waals surface area contributed by atoms with Gasteiger partial charge in [-0.25, -0.2) is 27.5 Å². The maximum atomic E-state index is 14.5. The maximum absolute atomic E-state index is 14.5. The second-order valence-electron chi connectivity index (χ2n) is 11.4. The van der Waals surface area contributed by atoms with Gasteiger partial charge in [0.05, 0.1) is 52.5 Å². The molecule has 208 valence electrons. The standard InChI is InChI=1S/C29H28F4N6O/c1-15(35-14-28(4,32)33)22-13-40-26(37-22)21-11-34-12-23(36-21)29-9-8-17(27(29,2)3)16-10-20(38-39-25(16)29)24-18(30)6-5-7-19(24)31/h5-7,10-13,15,17,35H,8-9,14H2,1-4H3/t15-,17-,29-/m0/s1. The third-order valence-corrected chi connectivity index (χ3v) is 8.58. The van der Waals surface area contributed by atoms with Crippen LogP contribution in [0.3, 0.4) is 0 Å². The number of nitrogens with one attached hydrogen (secondary N) is 1. The van der Waals surface area contributed by atoms with Crippen molar-refractivity contribution >= 4 is 0 Å². The predicted octanol–water partition coefficient (Wildman–Crippen LogP) is 6.38. The number of halogens is 4. The summed E-state index contributed by atoms with van der Waals surface area (Å²) < 4.78 is 61.3. The molecule has 40 heavy (non-hydrogen) atoms. The Balaban J connectivity index is 1.37. The zero-order valence-corrected chi connectivity index (χ0v) is 22.5. The Bertz CT molecular complexity index is 1580. The molecule has 0 aliphatic heterocycles. The van der Waals surface area contributed by atoms with Gasteiger partial charge in [0.15, 0.2) is 0 Å². The predicted molar refractivity (Wildman–Crippen MR) is 138 cm³/mol. The summed E-state index contributed by atoms with van der Waals surface area (Å²) in [5, 5.41) is 11.6. The molecule has 11 heteroatoms. The Kier molecular flexibility index (Phi) is 6.06. The molecule has 0 saturated heterocycles. The van der Waals surface area contributed by atoms with Gasteiger partial charge in [-0.05, 0) is 54.9 Å². The van der Waals surface area contributed by atoms with Gasteiger partial charge >= 0.3 is 0 Å². The largest absolute Gasteiger partial charge is 0.443 e. The van der Waals surface area contributed by atoms with Gasteiger partial charge in [0, 0.05) is 13.1 Å². The van der Waals surface area contributed by atoms with Crippen LogP contribution in [-0.4, -0.2) is 37.6 Å². The average Bonchev–Trinajstić information content (AvgIpc) is 3.55. The lowest BCUT2D eigenvalue weighted by Crippen LogP contribution is -2.38. The fraction of sp³-hybridized carbons (Fsp3) is 0.414. The molecule has 2 aliphatic carbocycles. The first-order valence-corrected chi connectivity index (χ1v) is 13.1. The smallest absolute Gasteiger partial charge is 0.257 e. The van der Waals surface area contributed by atoms with Crippen molar-refractivity contribution in [2.75, 3.05) is 6.54 Å². The van der Waals surface area contributed by atoms with Crippen LogP contribution in [0.4, 0.5) is 17.6 Å². The zero-order valence-electron chi connectivity index (χ0n) is 22.5. The summed E-state index contributed by atoms with van der Waals surface area (Å²) in [6, 6.07) is 5.02. The van der Waals surface area contributed by atoms with Crippen LogP contribution >= 0.6 is 0 Å². The summed E-state index contributed by atoms with van der Waals surface area (Å²) in [5.74, 6) is -3.93. The van der Waals surface area contributed by atoms with E-state index in [1.54, 1.807) is 25.4 Å². The van der Waals surface area contributed by atoms with E-state index in [0.717, 1.165) is 31.0 Å². The molecule has 7 nitrogen and oxygen atoms in total. The van der Waals surface area contributed by atoms with Crippen LogP contribution in [0.2, 0.25) is 0 Å². The average molecular weight is 553 g/mol. The van der Waals surface area contributed by atoms with Gasteiger partial charge in [0.2, 0.25) is 5.89 Å². The molecule has 1 aromatic carbocycles. The monoisotopic (exact) mass is 552 g/mol. The fourth-order valence-corrected chi connectivity index (χ4v) is 6.47. The first-order valence-electron chi connectivity index (χ1n) is 13.1. The fourth-order valence-electron chi connectivity index (χ4n) is 6.47. The van der Waals surface area contributed by atoms with Crippen molar-refractivity contribution in [3.63, 3.8) is 0 Å². The number of benzene rings is 1. The highest BCUT2D eigenvalue weighted by atomic mass is 19.3. The third kappa shape index (κ3) is 4.01. The Morgan fingerprint density at radius 3 is 2.58 bits per heavy atom. The number of hydrogen-bond donors (Lipinski definition) is 1. The van der Waals surface area contributed by atoms with Gasteiger partial charge in [-0.15, -0.1) is 5.10 Å². The molecule has 1 fully saturated rings. The van der Waals surface area contributed by atoms with Gasteiger partial charge in [-0.1, -0.05) is 19.9 Å². The summed E-state index contributed by atoms with van der Waals surface area (Å²) in [6.45, 7) is 6.37. The summed E-state index contributed by atoms with van der Waals surface area (Å²) in [7, 11) is 0. The van der Waals surface area contributed by atoms with Crippen LogP contribution in [0.25, 0.3) is 22.8 Å². The summed E-state index contributed by atoms with van der Waals surface area (Å²) in [6.07, 6.45) is 6.25. The quantitative estimate of drug-likeness (QED) is 0.266. The molecule has 0 unspecified atom stereocenters. The molecule has 3 aromatic heterocycles. The van der Waals surface area contributed by atoms with E-state index in [0.29, 0.717) is 17.1 Å². The Hall–Kier alpha value is -3.73. The zero-order chi connectivity index (χ0) is 28.4. The van der Waals surface area contributed by atoms with E-state index in [1.807, 2.05) is 0 Å². The van der Waals surface area contributed by atoms with Gasteiger partial charge in [-0.2, -0.15) is 5.10 Å². The summed E-state index contributed by atoms with van der Waals surface area (Å²) in [4.78, 5) is 13.8. The molecular weight excluding hydrogens is 524 g/mol. The van der Waals surface area contributed by atoms with Crippen LogP contribution in [0, 0.1) is 17.0 Å². The van der Waals surface area contributed by atoms with Gasteiger partial charge in [-0.3, -0.25) is 4.98 Å². The highest BCUT2D eigenvalue weighted by Gasteiger charge is 2.65. The lowest BCUT2D eigenvalue weighted by molar-refractivity contribution is 0.0202. The highest BCUT2D eigenvalue weighted by molar-refractivity contribution is 5.64. The van der Waals surface area contributed by atoms with Crippen molar-refractivity contribution in [2.24, 2.45) is 5.41 Å². The number of fused-ring (bicyclic) bond motifs is 5. The molecule has 2 aliphatic rings. The maximum Gasteiger partial charge on any atom is 0.257 e. The molecule has 3 heterocycles. The lowest BCUT2D eigenvalue weighted by atomic mass is 9.66. The van der Waals surface area contributed by atoms with Gasteiger partial charge in [0.1, 0.15) is 23.6 Å². The van der Waals surface area contributed by atoms with E-state index < -0.39 is 35.6 Å². The Morgan fingerprint density at radius 2 is 1.85 bits per heavy atom. The second-order valence-corrected chi connectivity index (χ2v) is 11.4. The van der Waals surface area contributed by atoms with Crippen LogP contribution in [0.15, 0.2) is 47.3 Å². The number of rotatable bonds is 7. The van der Waals surface area contributed by atoms with E-state index in [9.17, 15) is 17.6 Å². The highest BCUT2D eigenvalue weighted by Crippen LogP contribution is 2.69. The Morgan fingerprint density at radius 1 is 1.10 bits per heavy atom. The van der Waals surface area contributed by atoms with E-state index in [4.69, 9.17) is 9.40 Å². The number of alkyl halides is 2. The van der Waals surface area contributed by atoms with Crippen LogP contribution in [0.5, 0.6) is 0 Å². The lowest BCUT2D eigenvalue weighted by Gasteiger charge is -2.37. The molecule has 6 rings (SSSR count). The van der Waals surface area contributed by atoms with Gasteiger partial charge < -0.3 is 9.73 Å². The van der Waals surface area contributed by atoms with Crippen molar-refractivity contribution in [3.8, 4) is 22.8 Å². The topological polar surface area (TPSA) is 89.6 Å². The molecule has 3 atom stereocenters. The molecule has 4 aromatic rings. The minimum absolute atomic E-state index is 0.0778. The number of aromatic nitrogens is 5. The normalized spacial score (nSPS) is 21.9. The van der Waals surface area contributed by atoms with Crippen molar-refractivity contribution in [1.29, 1.82) is 0 Å². The van der Waals surface area contributed by atoms with Crippen molar-refractivity contribution in [2.45, 2.75) is 63.8 Å². The van der Waals surface area contributed by atoms with Gasteiger partial charge in [0.25, 0.3) is 5.92 Å². The van der Waals surface area contributed by atoms with E-state index in [-0.39, 0.29) is 28.5 Å². The van der Waals surface area contributed by atoms with Crippen molar-refractivity contribution in [3.05, 3.63) is 77.2 Å². The Labute approximate surface area is 228 Å². The number of nitrogens with zero attached hydrogens (tertiary/aromatic N) is 5. The minimum atomic E-state index is -2.85. The van der Waals surface area contributed by atoms with E-state index in [1.165, 1.54) is 24.5 Å². The third-order valence-electron chi connectivity index (χ3n) is 8.58. The number of oxazole rings is 1. The van der Waals surface area contributed by atoms with Crippen molar-refractivity contribution in [1.82, 2.24) is 30.5 Å². The molecule has 1 N–H and O–H groups in total. The second kappa shape index (κ2) is 9.15. The van der Waals surface area contributed by atoms with Crippen molar-refractivity contribution < 1.29 is 22.0 Å². The minimum Gasteiger partial charge on any atom is -0.443 e. The molecule has 0 amide bonds. The first-order chi connectivity index (χ1) is 18.9. The SMILES string of the molecule is C[C@H](NCC(C)(F)F)c1coc(-c2cncc([C@@]34CC[C@@H](c5cc(-c6c(F)cccc6F)nnc53)C4(C)C)n2)n1. The summed E-state index contributed by atoms with van der Waals surface area (Å²) in [5.41, 5.74) is 2.17.